The first-order valence-electron chi connectivity index (χ1n) is 4.83. The Morgan fingerprint density at radius 2 is 1.58 bits per heavy atom. The van der Waals surface area contributed by atoms with E-state index in [1.165, 1.54) is 25.9 Å². The Labute approximate surface area is 73.4 Å². The Hall–Kier alpha value is -0.120. The van der Waals surface area contributed by atoms with E-state index in [4.69, 9.17) is 9.47 Å². The molecule has 0 amide bonds. The lowest BCUT2D eigenvalue weighted by Gasteiger charge is -2.32. The van der Waals surface area contributed by atoms with Crippen molar-refractivity contribution in [1.82, 2.24) is 5.32 Å². The molecule has 0 spiro atoms. The summed E-state index contributed by atoms with van der Waals surface area (Å²) in [7, 11) is 0. The second-order valence-corrected chi connectivity index (χ2v) is 3.71. The van der Waals surface area contributed by atoms with E-state index in [2.05, 4.69) is 5.32 Å². The van der Waals surface area contributed by atoms with E-state index >= 15 is 0 Å². The van der Waals surface area contributed by atoms with Crippen molar-refractivity contribution in [3.63, 3.8) is 0 Å². The van der Waals surface area contributed by atoms with E-state index in [-0.39, 0.29) is 0 Å². The zero-order valence-electron chi connectivity index (χ0n) is 7.42. The van der Waals surface area contributed by atoms with Gasteiger partial charge in [-0.15, -0.1) is 0 Å². The van der Waals surface area contributed by atoms with Crippen LogP contribution in [0, 0.1) is 11.8 Å². The molecular formula is C9H17NO2. The highest BCUT2D eigenvalue weighted by molar-refractivity contribution is 4.76. The van der Waals surface area contributed by atoms with Crippen LogP contribution in [0.3, 0.4) is 0 Å². The van der Waals surface area contributed by atoms with Crippen molar-refractivity contribution in [3.8, 4) is 0 Å². The predicted molar refractivity (Wildman–Crippen MR) is 45.9 cm³/mol. The average Bonchev–Trinajstić information content (AvgIpc) is 2.21. The zero-order valence-corrected chi connectivity index (χ0v) is 7.42. The Bertz CT molecular complexity index is 112. The molecule has 3 heteroatoms. The normalized spacial score (nSPS) is 29.0. The summed E-state index contributed by atoms with van der Waals surface area (Å²) in [6, 6.07) is 0. The van der Waals surface area contributed by atoms with Crippen LogP contribution in [-0.4, -0.2) is 33.1 Å². The number of hydrogen-bond acceptors (Lipinski definition) is 3. The summed E-state index contributed by atoms with van der Waals surface area (Å²) in [6.45, 7) is 4.65. The van der Waals surface area contributed by atoms with Crippen molar-refractivity contribution >= 4 is 0 Å². The summed E-state index contributed by atoms with van der Waals surface area (Å²) >= 11 is 0. The standard InChI is InChI=1S/C9H17NO2/c1-3-10-4-2-8(1)9-5-11-7-12-6-9/h8-10H,1-7H2. The Balaban J connectivity index is 1.80. The summed E-state index contributed by atoms with van der Waals surface area (Å²) in [6.07, 6.45) is 2.58. The van der Waals surface area contributed by atoms with Gasteiger partial charge in [0.25, 0.3) is 0 Å². The lowest BCUT2D eigenvalue weighted by molar-refractivity contribution is -0.139. The molecule has 12 heavy (non-hydrogen) atoms. The van der Waals surface area contributed by atoms with Crippen LogP contribution >= 0.6 is 0 Å². The fourth-order valence-electron chi connectivity index (χ4n) is 2.09. The zero-order chi connectivity index (χ0) is 8.23. The van der Waals surface area contributed by atoms with Crippen molar-refractivity contribution in [3.05, 3.63) is 0 Å². The Kier molecular flexibility index (Phi) is 2.98. The third-order valence-electron chi connectivity index (χ3n) is 2.88. The second-order valence-electron chi connectivity index (χ2n) is 3.71. The number of rotatable bonds is 1. The third kappa shape index (κ3) is 1.97. The van der Waals surface area contributed by atoms with Gasteiger partial charge in [-0.25, -0.2) is 0 Å². The first kappa shape index (κ1) is 8.48. The van der Waals surface area contributed by atoms with Gasteiger partial charge in [-0.1, -0.05) is 0 Å². The highest BCUT2D eigenvalue weighted by atomic mass is 16.7. The van der Waals surface area contributed by atoms with Crippen LogP contribution in [0.1, 0.15) is 12.8 Å². The minimum absolute atomic E-state index is 0.501. The molecule has 2 aliphatic heterocycles. The number of piperidine rings is 1. The van der Waals surface area contributed by atoms with Gasteiger partial charge >= 0.3 is 0 Å². The fourth-order valence-corrected chi connectivity index (χ4v) is 2.09. The van der Waals surface area contributed by atoms with Crippen molar-refractivity contribution in [1.29, 1.82) is 0 Å². The van der Waals surface area contributed by atoms with Gasteiger partial charge in [0.2, 0.25) is 0 Å². The van der Waals surface area contributed by atoms with Crippen LogP contribution in [0.4, 0.5) is 0 Å². The van der Waals surface area contributed by atoms with E-state index in [9.17, 15) is 0 Å². The molecule has 0 aromatic heterocycles. The van der Waals surface area contributed by atoms with E-state index in [0.29, 0.717) is 12.7 Å². The van der Waals surface area contributed by atoms with Gasteiger partial charge in [0, 0.05) is 5.92 Å². The van der Waals surface area contributed by atoms with Crippen molar-refractivity contribution in [2.45, 2.75) is 12.8 Å². The first-order chi connectivity index (χ1) is 5.97. The lowest BCUT2D eigenvalue weighted by atomic mass is 9.85. The van der Waals surface area contributed by atoms with Gasteiger partial charge in [-0.2, -0.15) is 0 Å². The predicted octanol–water partition coefficient (Wildman–Crippen LogP) is 0.607. The Morgan fingerprint density at radius 3 is 2.25 bits per heavy atom. The highest BCUT2D eigenvalue weighted by Crippen LogP contribution is 2.24. The van der Waals surface area contributed by atoms with Gasteiger partial charge in [0.05, 0.1) is 13.2 Å². The molecule has 1 N–H and O–H groups in total. The molecule has 2 fully saturated rings. The van der Waals surface area contributed by atoms with E-state index in [0.717, 1.165) is 19.1 Å². The third-order valence-corrected chi connectivity index (χ3v) is 2.88. The van der Waals surface area contributed by atoms with Crippen LogP contribution in [0.5, 0.6) is 0 Å². The minimum atomic E-state index is 0.501. The maximum Gasteiger partial charge on any atom is 0.146 e. The molecule has 0 aromatic carbocycles. The molecule has 0 atom stereocenters. The molecule has 0 unspecified atom stereocenters. The Morgan fingerprint density at radius 1 is 0.917 bits per heavy atom. The first-order valence-corrected chi connectivity index (χ1v) is 4.83. The number of hydrogen-bond donors (Lipinski definition) is 1. The van der Waals surface area contributed by atoms with Gasteiger partial charge in [-0.3, -0.25) is 0 Å². The molecule has 0 aromatic rings. The van der Waals surface area contributed by atoms with E-state index in [1.807, 2.05) is 0 Å². The number of ether oxygens (including phenoxy) is 2. The van der Waals surface area contributed by atoms with Crippen LogP contribution < -0.4 is 5.32 Å². The largest absolute Gasteiger partial charge is 0.355 e. The van der Waals surface area contributed by atoms with E-state index < -0.39 is 0 Å². The average molecular weight is 171 g/mol. The SMILES string of the molecule is C1CC(C2COCOC2)CCN1. The van der Waals surface area contributed by atoms with Crippen molar-refractivity contribution < 1.29 is 9.47 Å². The number of nitrogens with one attached hydrogen (secondary N) is 1. The van der Waals surface area contributed by atoms with E-state index in [1.54, 1.807) is 0 Å². The van der Waals surface area contributed by atoms with Crippen LogP contribution in [0.15, 0.2) is 0 Å². The molecular weight excluding hydrogens is 154 g/mol. The fraction of sp³-hybridized carbons (Fsp3) is 1.00. The topological polar surface area (TPSA) is 30.5 Å². The van der Waals surface area contributed by atoms with Crippen LogP contribution in [0.25, 0.3) is 0 Å². The van der Waals surface area contributed by atoms with Crippen LogP contribution in [0.2, 0.25) is 0 Å². The van der Waals surface area contributed by atoms with Gasteiger partial charge in [0.15, 0.2) is 0 Å². The molecule has 2 aliphatic rings. The monoisotopic (exact) mass is 171 g/mol. The maximum absolute atomic E-state index is 5.29. The van der Waals surface area contributed by atoms with Gasteiger partial charge in [-0.05, 0) is 31.8 Å². The molecule has 2 heterocycles. The smallest absolute Gasteiger partial charge is 0.146 e. The van der Waals surface area contributed by atoms with Crippen molar-refractivity contribution in [2.75, 3.05) is 33.1 Å². The second kappa shape index (κ2) is 4.21. The molecule has 0 aliphatic carbocycles. The minimum Gasteiger partial charge on any atom is -0.355 e. The molecule has 0 saturated carbocycles. The maximum atomic E-state index is 5.29. The quantitative estimate of drug-likeness (QED) is 0.627. The summed E-state index contributed by atoms with van der Waals surface area (Å²) in [5.41, 5.74) is 0. The lowest BCUT2D eigenvalue weighted by Crippen LogP contribution is -2.37. The molecule has 2 saturated heterocycles. The molecule has 2 rings (SSSR count). The molecule has 70 valence electrons. The van der Waals surface area contributed by atoms with Gasteiger partial charge in [0.1, 0.15) is 6.79 Å². The molecule has 3 nitrogen and oxygen atoms in total. The summed E-state index contributed by atoms with van der Waals surface area (Å²) in [4.78, 5) is 0. The van der Waals surface area contributed by atoms with Crippen LogP contribution in [-0.2, 0) is 9.47 Å². The summed E-state index contributed by atoms with van der Waals surface area (Å²) < 4.78 is 10.6. The summed E-state index contributed by atoms with van der Waals surface area (Å²) in [5, 5.41) is 3.37. The highest BCUT2D eigenvalue weighted by Gasteiger charge is 2.25. The molecule has 0 radical (unpaired) electrons. The van der Waals surface area contributed by atoms with Crippen molar-refractivity contribution in [2.24, 2.45) is 11.8 Å². The summed E-state index contributed by atoms with van der Waals surface area (Å²) in [5.74, 6) is 1.48. The van der Waals surface area contributed by atoms with Gasteiger partial charge < -0.3 is 14.8 Å². The molecule has 0 bridgehead atoms.